The van der Waals surface area contributed by atoms with E-state index in [2.05, 4.69) is 24.1 Å². The van der Waals surface area contributed by atoms with Gasteiger partial charge in [-0.3, -0.25) is 9.36 Å². The predicted molar refractivity (Wildman–Crippen MR) is 118 cm³/mol. The van der Waals surface area contributed by atoms with E-state index in [4.69, 9.17) is 4.42 Å². The second kappa shape index (κ2) is 8.92. The van der Waals surface area contributed by atoms with Gasteiger partial charge in [0.15, 0.2) is 0 Å². The summed E-state index contributed by atoms with van der Waals surface area (Å²) in [5.74, 6) is 1.29. The summed E-state index contributed by atoms with van der Waals surface area (Å²) in [4.78, 5) is 29.3. The van der Waals surface area contributed by atoms with Crippen molar-refractivity contribution >= 4 is 23.4 Å². The minimum absolute atomic E-state index is 0.106. The lowest BCUT2D eigenvalue weighted by Crippen LogP contribution is -2.28. The normalized spacial score (nSPS) is 12.9. The first-order chi connectivity index (χ1) is 14.5. The highest BCUT2D eigenvalue weighted by Gasteiger charge is 2.23. The van der Waals surface area contributed by atoms with Gasteiger partial charge in [0.1, 0.15) is 10.8 Å². The lowest BCUT2D eigenvalue weighted by atomic mass is 10.0. The number of furan rings is 1. The van der Waals surface area contributed by atoms with Crippen LogP contribution in [0.25, 0.3) is 0 Å². The van der Waals surface area contributed by atoms with Gasteiger partial charge >= 0.3 is 5.69 Å². The molecule has 2 aromatic heterocycles. The Balaban J connectivity index is 1.44. The average molecular weight is 424 g/mol. The summed E-state index contributed by atoms with van der Waals surface area (Å²) in [5.41, 5.74) is 3.81. The van der Waals surface area contributed by atoms with Crippen LogP contribution >= 0.6 is 11.8 Å². The third kappa shape index (κ3) is 4.51. The van der Waals surface area contributed by atoms with Crippen molar-refractivity contribution in [3.63, 3.8) is 0 Å². The second-order valence-corrected chi connectivity index (χ2v) is 8.72. The molecule has 3 aromatic rings. The largest absolute Gasteiger partial charge is 0.467 e. The van der Waals surface area contributed by atoms with E-state index in [1.165, 1.54) is 17.3 Å². The molecule has 7 heteroatoms. The highest BCUT2D eigenvalue weighted by molar-refractivity contribution is 8.00. The number of fused-ring (bicyclic) bond motifs is 1. The van der Waals surface area contributed by atoms with Crippen LogP contribution in [0.2, 0.25) is 0 Å². The molecule has 30 heavy (non-hydrogen) atoms. The van der Waals surface area contributed by atoms with Crippen LogP contribution in [0.15, 0.2) is 56.9 Å². The molecule has 0 aliphatic heterocycles. The van der Waals surface area contributed by atoms with Crippen molar-refractivity contribution in [3.8, 4) is 0 Å². The van der Waals surface area contributed by atoms with Gasteiger partial charge in [0, 0.05) is 16.9 Å². The Hall–Kier alpha value is -2.80. The molecular weight excluding hydrogens is 398 g/mol. The molecule has 0 atom stereocenters. The van der Waals surface area contributed by atoms with E-state index in [1.807, 2.05) is 36.4 Å². The zero-order valence-corrected chi connectivity index (χ0v) is 18.0. The lowest BCUT2D eigenvalue weighted by molar-refractivity contribution is -0.113. The fourth-order valence-electron chi connectivity index (χ4n) is 3.71. The van der Waals surface area contributed by atoms with Gasteiger partial charge < -0.3 is 9.73 Å². The minimum Gasteiger partial charge on any atom is -0.467 e. The summed E-state index contributed by atoms with van der Waals surface area (Å²) in [6.07, 6.45) is 4.31. The van der Waals surface area contributed by atoms with Crippen molar-refractivity contribution < 1.29 is 9.21 Å². The van der Waals surface area contributed by atoms with E-state index >= 15 is 0 Å². The fraction of sp³-hybridized carbons (Fsp3) is 0.348. The molecule has 0 saturated carbocycles. The number of nitrogens with one attached hydrogen (secondary N) is 1. The van der Waals surface area contributed by atoms with Crippen molar-refractivity contribution in [2.75, 3.05) is 11.1 Å². The van der Waals surface area contributed by atoms with Gasteiger partial charge in [0.05, 0.1) is 18.6 Å². The minimum atomic E-state index is -0.292. The standard InChI is InChI=1S/C23H25N3O3S/c1-15(2)16-8-10-17(11-9-16)24-21(27)14-30-22-19-6-3-7-20(19)26(23(28)25-22)13-18-5-4-12-29-18/h4-5,8-12,15H,3,6-7,13-14H2,1-2H3,(H,24,27). The average Bonchev–Trinajstić information content (AvgIpc) is 3.41. The van der Waals surface area contributed by atoms with Crippen molar-refractivity contribution in [2.45, 2.75) is 50.6 Å². The third-order valence-electron chi connectivity index (χ3n) is 5.30. The van der Waals surface area contributed by atoms with Crippen LogP contribution in [0, 0.1) is 0 Å². The van der Waals surface area contributed by atoms with Crippen LogP contribution in [-0.2, 0) is 24.2 Å². The second-order valence-electron chi connectivity index (χ2n) is 7.76. The Morgan fingerprint density at radius 1 is 1.23 bits per heavy atom. The maximum absolute atomic E-state index is 12.6. The van der Waals surface area contributed by atoms with E-state index in [0.29, 0.717) is 17.5 Å². The maximum atomic E-state index is 12.6. The van der Waals surface area contributed by atoms with Crippen LogP contribution in [-0.4, -0.2) is 21.2 Å². The number of carbonyl (C=O) groups is 1. The first-order valence-electron chi connectivity index (χ1n) is 10.2. The zero-order valence-electron chi connectivity index (χ0n) is 17.2. The van der Waals surface area contributed by atoms with E-state index in [-0.39, 0.29) is 17.3 Å². The smallest absolute Gasteiger partial charge is 0.349 e. The summed E-state index contributed by atoms with van der Waals surface area (Å²) in [7, 11) is 0. The predicted octanol–water partition coefficient (Wildman–Crippen LogP) is 4.23. The number of hydrogen-bond donors (Lipinski definition) is 1. The van der Waals surface area contributed by atoms with Gasteiger partial charge in [0.25, 0.3) is 0 Å². The Morgan fingerprint density at radius 2 is 2.03 bits per heavy atom. The Bertz CT molecular complexity index is 1090. The Morgan fingerprint density at radius 3 is 2.73 bits per heavy atom. The fourth-order valence-corrected chi connectivity index (χ4v) is 4.59. The molecule has 0 spiro atoms. The van der Waals surface area contributed by atoms with Crippen LogP contribution in [0.3, 0.4) is 0 Å². The maximum Gasteiger partial charge on any atom is 0.349 e. The number of amides is 1. The molecule has 0 radical (unpaired) electrons. The van der Waals surface area contributed by atoms with Crippen molar-refractivity contribution in [1.29, 1.82) is 0 Å². The van der Waals surface area contributed by atoms with Crippen LogP contribution < -0.4 is 11.0 Å². The van der Waals surface area contributed by atoms with Gasteiger partial charge in [-0.05, 0) is 55.0 Å². The van der Waals surface area contributed by atoms with Crippen LogP contribution in [0.5, 0.6) is 0 Å². The van der Waals surface area contributed by atoms with Crippen molar-refractivity contribution in [3.05, 3.63) is 75.7 Å². The number of rotatable bonds is 7. The summed E-state index contributed by atoms with van der Waals surface area (Å²) in [6.45, 7) is 4.66. The van der Waals surface area contributed by atoms with E-state index in [1.54, 1.807) is 10.8 Å². The molecule has 1 aliphatic carbocycles. The summed E-state index contributed by atoms with van der Waals surface area (Å²) < 4.78 is 7.09. The van der Waals surface area contributed by atoms with Crippen LogP contribution in [0.1, 0.15) is 48.8 Å². The Kier molecular flexibility index (Phi) is 6.08. The SMILES string of the molecule is CC(C)c1ccc(NC(=O)CSc2nc(=O)n(Cc3ccco3)c3c2CCC3)cc1. The molecule has 2 heterocycles. The van der Waals surface area contributed by atoms with E-state index in [0.717, 1.165) is 42.0 Å². The number of carbonyl (C=O) groups excluding carboxylic acids is 1. The van der Waals surface area contributed by atoms with Crippen molar-refractivity contribution in [1.82, 2.24) is 9.55 Å². The first-order valence-corrected chi connectivity index (χ1v) is 11.2. The Labute approximate surface area is 179 Å². The molecule has 156 valence electrons. The zero-order chi connectivity index (χ0) is 21.1. The number of hydrogen-bond acceptors (Lipinski definition) is 5. The molecule has 1 amide bonds. The van der Waals surface area contributed by atoms with Crippen LogP contribution in [0.4, 0.5) is 5.69 Å². The third-order valence-corrected chi connectivity index (χ3v) is 6.31. The molecule has 4 rings (SSSR count). The summed E-state index contributed by atoms with van der Waals surface area (Å²) in [5, 5.41) is 3.59. The number of anilines is 1. The molecule has 0 fully saturated rings. The molecule has 1 aromatic carbocycles. The van der Waals surface area contributed by atoms with Gasteiger partial charge in [-0.2, -0.15) is 4.98 Å². The summed E-state index contributed by atoms with van der Waals surface area (Å²) in [6, 6.07) is 11.6. The van der Waals surface area contributed by atoms with E-state index < -0.39 is 0 Å². The molecular formula is C23H25N3O3S. The van der Waals surface area contributed by atoms with E-state index in [9.17, 15) is 9.59 Å². The molecule has 6 nitrogen and oxygen atoms in total. The topological polar surface area (TPSA) is 77.1 Å². The highest BCUT2D eigenvalue weighted by atomic mass is 32.2. The number of nitrogens with zero attached hydrogens (tertiary/aromatic N) is 2. The number of benzene rings is 1. The lowest BCUT2D eigenvalue weighted by Gasteiger charge is -2.13. The van der Waals surface area contributed by atoms with Gasteiger partial charge in [0.2, 0.25) is 5.91 Å². The number of aromatic nitrogens is 2. The summed E-state index contributed by atoms with van der Waals surface area (Å²) >= 11 is 1.33. The monoisotopic (exact) mass is 423 g/mol. The van der Waals surface area contributed by atoms with Gasteiger partial charge in [-0.15, -0.1) is 0 Å². The van der Waals surface area contributed by atoms with Crippen molar-refractivity contribution in [2.24, 2.45) is 0 Å². The van der Waals surface area contributed by atoms with Gasteiger partial charge in [-0.1, -0.05) is 37.7 Å². The molecule has 0 saturated heterocycles. The molecule has 0 unspecified atom stereocenters. The molecule has 0 bridgehead atoms. The first kappa shape index (κ1) is 20.5. The quantitative estimate of drug-likeness (QED) is 0.455. The molecule has 1 N–H and O–H groups in total. The van der Waals surface area contributed by atoms with Gasteiger partial charge in [-0.25, -0.2) is 4.79 Å². The molecule has 1 aliphatic rings. The highest BCUT2D eigenvalue weighted by Crippen LogP contribution is 2.29. The number of thioether (sulfide) groups is 1.